The summed E-state index contributed by atoms with van der Waals surface area (Å²) < 4.78 is 21.8. The predicted molar refractivity (Wildman–Crippen MR) is 140 cm³/mol. The van der Waals surface area contributed by atoms with Crippen LogP contribution in [0.5, 0.6) is 5.75 Å². The molecule has 200 valence electrons. The zero-order valence-corrected chi connectivity index (χ0v) is 21.5. The van der Waals surface area contributed by atoms with Crippen LogP contribution in [-0.4, -0.2) is 77.7 Å². The highest BCUT2D eigenvalue weighted by Crippen LogP contribution is 2.35. The van der Waals surface area contributed by atoms with Crippen LogP contribution in [0.3, 0.4) is 0 Å². The first-order valence-electron chi connectivity index (χ1n) is 13.3. The largest absolute Gasteiger partial charge is 0.483 e. The molecule has 0 saturated carbocycles. The summed E-state index contributed by atoms with van der Waals surface area (Å²) in [6.45, 7) is 3.12. The van der Waals surface area contributed by atoms with Crippen LogP contribution in [0.4, 0.5) is 16.0 Å². The van der Waals surface area contributed by atoms with Crippen LogP contribution in [0.2, 0.25) is 0 Å². The number of anilines is 2. The molecule has 5 heterocycles. The SMILES string of the molecule is CN1CCNC(=O)COc2ccc(F)cc2C(=O)N2CCCC[C@H]2c2cc3nc(N4CCCC4)cc1n3n2. The summed E-state index contributed by atoms with van der Waals surface area (Å²) in [5.74, 6) is 0.767. The van der Waals surface area contributed by atoms with Crippen molar-refractivity contribution in [3.8, 4) is 5.75 Å². The van der Waals surface area contributed by atoms with Gasteiger partial charge in [-0.25, -0.2) is 9.37 Å². The standard InChI is InChI=1S/C27H32FN7O3/c1-32-13-9-29-25(36)17-38-22-8-7-18(28)14-19(22)27(37)34-12-3-2-6-21(34)20-15-24-30-23(33-10-4-5-11-33)16-26(32)35(24)31-20/h7-8,14-16,21H,2-6,9-13,17H2,1H3,(H,29,36)/t21-/m0/s1. The summed E-state index contributed by atoms with van der Waals surface area (Å²) in [6, 6.07) is 7.57. The van der Waals surface area contributed by atoms with Crippen molar-refractivity contribution < 1.29 is 18.7 Å². The smallest absolute Gasteiger partial charge is 0.258 e. The first-order chi connectivity index (χ1) is 18.5. The number of benzene rings is 1. The number of carbonyl (C=O) groups is 2. The highest BCUT2D eigenvalue weighted by Gasteiger charge is 2.33. The van der Waals surface area contributed by atoms with Crippen LogP contribution in [0.25, 0.3) is 5.65 Å². The van der Waals surface area contributed by atoms with Crippen LogP contribution in [0, 0.1) is 5.82 Å². The van der Waals surface area contributed by atoms with Gasteiger partial charge in [0.25, 0.3) is 11.8 Å². The summed E-state index contributed by atoms with van der Waals surface area (Å²) >= 11 is 0. The average Bonchev–Trinajstić information content (AvgIpc) is 3.61. The number of nitrogens with zero attached hydrogens (tertiary/aromatic N) is 6. The minimum absolute atomic E-state index is 0.107. The Hall–Kier alpha value is -3.89. The Bertz CT molecular complexity index is 1370. The van der Waals surface area contributed by atoms with Gasteiger partial charge in [-0.15, -0.1) is 0 Å². The highest BCUT2D eigenvalue weighted by molar-refractivity contribution is 5.97. The lowest BCUT2D eigenvalue weighted by Crippen LogP contribution is -2.39. The molecule has 2 bridgehead atoms. The maximum Gasteiger partial charge on any atom is 0.258 e. The number of nitrogens with one attached hydrogen (secondary N) is 1. The van der Waals surface area contributed by atoms with Crippen molar-refractivity contribution in [3.63, 3.8) is 0 Å². The zero-order valence-electron chi connectivity index (χ0n) is 21.5. The van der Waals surface area contributed by atoms with E-state index in [1.807, 2.05) is 23.7 Å². The van der Waals surface area contributed by atoms with E-state index in [9.17, 15) is 14.0 Å². The van der Waals surface area contributed by atoms with E-state index in [0.717, 1.165) is 62.5 Å². The molecule has 2 amide bonds. The van der Waals surface area contributed by atoms with Crippen LogP contribution in [0.15, 0.2) is 30.3 Å². The number of carbonyl (C=O) groups excluding carboxylic acids is 2. The van der Waals surface area contributed by atoms with Crippen molar-refractivity contribution in [1.29, 1.82) is 0 Å². The van der Waals surface area contributed by atoms with Gasteiger partial charge < -0.3 is 24.8 Å². The van der Waals surface area contributed by atoms with Gasteiger partial charge in [-0.3, -0.25) is 9.59 Å². The lowest BCUT2D eigenvalue weighted by Gasteiger charge is -2.35. The Kier molecular flexibility index (Phi) is 6.50. The summed E-state index contributed by atoms with van der Waals surface area (Å²) in [6.07, 6.45) is 4.81. The third kappa shape index (κ3) is 4.61. The number of hydrogen-bond donors (Lipinski definition) is 1. The minimum atomic E-state index is -0.535. The van der Waals surface area contributed by atoms with E-state index in [0.29, 0.717) is 25.3 Å². The lowest BCUT2D eigenvalue weighted by atomic mass is 9.98. The minimum Gasteiger partial charge on any atom is -0.483 e. The van der Waals surface area contributed by atoms with Gasteiger partial charge in [-0.05, 0) is 50.3 Å². The van der Waals surface area contributed by atoms with Gasteiger partial charge in [0.15, 0.2) is 12.3 Å². The van der Waals surface area contributed by atoms with E-state index < -0.39 is 5.82 Å². The topological polar surface area (TPSA) is 95.3 Å². The Morgan fingerprint density at radius 1 is 1.03 bits per heavy atom. The van der Waals surface area contributed by atoms with Crippen LogP contribution >= 0.6 is 0 Å². The van der Waals surface area contributed by atoms with E-state index >= 15 is 0 Å². The normalized spacial score (nSPS) is 20.9. The summed E-state index contributed by atoms with van der Waals surface area (Å²) in [5.41, 5.74) is 1.58. The fourth-order valence-corrected chi connectivity index (χ4v) is 5.61. The van der Waals surface area contributed by atoms with Gasteiger partial charge in [-0.1, -0.05) is 0 Å². The molecule has 38 heavy (non-hydrogen) atoms. The molecule has 0 spiro atoms. The number of hydrogen-bond acceptors (Lipinski definition) is 7. The Labute approximate surface area is 220 Å². The van der Waals surface area contributed by atoms with Crippen LogP contribution in [-0.2, 0) is 4.79 Å². The van der Waals surface area contributed by atoms with E-state index in [1.54, 1.807) is 4.90 Å². The molecule has 2 saturated heterocycles. The van der Waals surface area contributed by atoms with Gasteiger partial charge >= 0.3 is 0 Å². The molecule has 6 rings (SSSR count). The summed E-state index contributed by atoms with van der Waals surface area (Å²) in [4.78, 5) is 37.4. The number of likely N-dealkylation sites (N-methyl/N-ethyl adjacent to an activating group) is 1. The second-order valence-electron chi connectivity index (χ2n) is 10.2. The number of rotatable bonds is 1. The van der Waals surface area contributed by atoms with E-state index in [2.05, 4.69) is 15.1 Å². The van der Waals surface area contributed by atoms with Crippen molar-refractivity contribution in [2.75, 3.05) is 56.2 Å². The molecule has 10 nitrogen and oxygen atoms in total. The molecule has 3 aliphatic rings. The molecule has 0 aliphatic carbocycles. The molecule has 0 radical (unpaired) electrons. The van der Waals surface area contributed by atoms with E-state index in [4.69, 9.17) is 14.8 Å². The number of fused-ring (bicyclic) bond motifs is 4. The van der Waals surface area contributed by atoms with Crippen molar-refractivity contribution in [2.45, 2.75) is 38.1 Å². The molecule has 1 N–H and O–H groups in total. The second-order valence-corrected chi connectivity index (χ2v) is 10.2. The van der Waals surface area contributed by atoms with Gasteiger partial charge in [0.1, 0.15) is 23.2 Å². The first-order valence-corrected chi connectivity index (χ1v) is 13.3. The van der Waals surface area contributed by atoms with Crippen LogP contribution in [0.1, 0.15) is 54.2 Å². The Morgan fingerprint density at radius 2 is 1.84 bits per heavy atom. The number of piperidine rings is 1. The van der Waals surface area contributed by atoms with Crippen LogP contribution < -0.4 is 19.9 Å². The first kappa shape index (κ1) is 24.4. The monoisotopic (exact) mass is 521 g/mol. The highest BCUT2D eigenvalue weighted by atomic mass is 19.1. The summed E-state index contributed by atoms with van der Waals surface area (Å²) in [5, 5.41) is 7.82. The maximum atomic E-state index is 14.3. The molecule has 1 aromatic carbocycles. The van der Waals surface area contributed by atoms with Gasteiger partial charge in [0.05, 0.1) is 17.3 Å². The third-order valence-electron chi connectivity index (χ3n) is 7.64. The Balaban J connectivity index is 1.47. The maximum absolute atomic E-state index is 14.3. The van der Waals surface area contributed by atoms with E-state index in [1.165, 1.54) is 18.2 Å². The lowest BCUT2D eigenvalue weighted by molar-refractivity contribution is -0.123. The molecule has 3 aromatic rings. The Morgan fingerprint density at radius 3 is 2.68 bits per heavy atom. The number of halogens is 1. The molecule has 2 fully saturated rings. The van der Waals surface area contributed by atoms with Gasteiger partial charge in [0, 0.05) is 51.9 Å². The summed E-state index contributed by atoms with van der Waals surface area (Å²) in [7, 11) is 1.97. The second kappa shape index (κ2) is 10.1. The number of aromatic nitrogens is 3. The number of amides is 2. The average molecular weight is 522 g/mol. The van der Waals surface area contributed by atoms with Crippen molar-refractivity contribution in [1.82, 2.24) is 24.8 Å². The molecular weight excluding hydrogens is 489 g/mol. The van der Waals surface area contributed by atoms with Crippen molar-refractivity contribution >= 4 is 29.1 Å². The fourth-order valence-electron chi connectivity index (χ4n) is 5.61. The molecule has 3 aliphatic heterocycles. The fraction of sp³-hybridized carbons (Fsp3) is 0.481. The molecular formula is C27H32FN7O3. The van der Waals surface area contributed by atoms with Crippen molar-refractivity contribution in [2.24, 2.45) is 0 Å². The molecule has 0 unspecified atom stereocenters. The molecule has 11 heteroatoms. The third-order valence-corrected chi connectivity index (χ3v) is 7.64. The molecule has 2 aromatic heterocycles. The van der Waals surface area contributed by atoms with Gasteiger partial charge in [0.2, 0.25) is 0 Å². The predicted octanol–water partition coefficient (Wildman–Crippen LogP) is 2.78. The van der Waals surface area contributed by atoms with Gasteiger partial charge in [-0.2, -0.15) is 9.61 Å². The quantitative estimate of drug-likeness (QED) is 0.526. The van der Waals surface area contributed by atoms with Crippen molar-refractivity contribution in [3.05, 3.63) is 47.4 Å². The number of ether oxygens (including phenoxy) is 1. The van der Waals surface area contributed by atoms with E-state index in [-0.39, 0.29) is 35.8 Å². The molecule has 1 atom stereocenters. The zero-order chi connectivity index (χ0) is 26.2.